The molecule has 1 atom stereocenters. The van der Waals surface area contributed by atoms with E-state index >= 15 is 0 Å². The van der Waals surface area contributed by atoms with Crippen molar-refractivity contribution in [3.63, 3.8) is 0 Å². The number of rotatable bonds is 7. The first kappa shape index (κ1) is 15.9. The van der Waals surface area contributed by atoms with Gasteiger partial charge in [-0.3, -0.25) is 5.10 Å². The Kier molecular flexibility index (Phi) is 5.17. The molecular weight excluding hydrogens is 313 g/mol. The molecule has 3 aromatic rings. The third kappa shape index (κ3) is 3.85. The van der Waals surface area contributed by atoms with E-state index in [2.05, 4.69) is 21.6 Å². The number of hydrogen-bond donors (Lipinski definition) is 3. The maximum Gasteiger partial charge on any atom is 0.123 e. The van der Waals surface area contributed by atoms with Crippen molar-refractivity contribution in [3.8, 4) is 10.6 Å². The lowest BCUT2D eigenvalue weighted by atomic mass is 10.00. The number of benzene rings is 1. The Labute approximate surface area is 138 Å². The minimum atomic E-state index is -0.266. The average molecular weight is 331 g/mol. The molecule has 0 aliphatic carbocycles. The Bertz CT molecular complexity index is 725. The molecule has 6 heteroatoms. The molecular formula is C17H18FN3OS. The smallest absolute Gasteiger partial charge is 0.123 e. The second-order valence-corrected chi connectivity index (χ2v) is 6.26. The lowest BCUT2D eigenvalue weighted by molar-refractivity contribution is 0.261. The maximum absolute atomic E-state index is 13.0. The van der Waals surface area contributed by atoms with Gasteiger partial charge in [-0.2, -0.15) is 5.10 Å². The lowest BCUT2D eigenvalue weighted by Gasteiger charge is -2.15. The predicted octanol–water partition coefficient (Wildman–Crippen LogP) is 3.14. The Morgan fingerprint density at radius 2 is 2.09 bits per heavy atom. The standard InChI is InChI=1S/C17H18FN3OS/c18-15-5-3-12(4-6-15)14(11-22)9-19-8-13-10-20-21-17(13)16-2-1-7-23-16/h1-7,10,14,19,22H,8-9,11H2,(H,20,21). The molecule has 0 saturated carbocycles. The Balaban J connectivity index is 1.61. The highest BCUT2D eigenvalue weighted by Gasteiger charge is 2.12. The second-order valence-electron chi connectivity index (χ2n) is 5.31. The van der Waals surface area contributed by atoms with E-state index in [1.165, 1.54) is 12.1 Å². The second kappa shape index (κ2) is 7.50. The van der Waals surface area contributed by atoms with Crippen molar-refractivity contribution in [1.82, 2.24) is 15.5 Å². The molecule has 120 valence electrons. The largest absolute Gasteiger partial charge is 0.396 e. The highest BCUT2D eigenvalue weighted by Crippen LogP contribution is 2.25. The van der Waals surface area contributed by atoms with Gasteiger partial charge in [0.25, 0.3) is 0 Å². The van der Waals surface area contributed by atoms with Gasteiger partial charge in [0, 0.05) is 24.6 Å². The zero-order valence-electron chi connectivity index (χ0n) is 12.5. The van der Waals surface area contributed by atoms with Crippen LogP contribution in [0.4, 0.5) is 4.39 Å². The van der Waals surface area contributed by atoms with Crippen molar-refractivity contribution in [2.24, 2.45) is 0 Å². The maximum atomic E-state index is 13.0. The number of aromatic nitrogens is 2. The molecule has 2 heterocycles. The van der Waals surface area contributed by atoms with Crippen molar-refractivity contribution < 1.29 is 9.50 Å². The molecule has 0 bridgehead atoms. The molecule has 0 radical (unpaired) electrons. The number of nitrogens with one attached hydrogen (secondary N) is 2. The van der Waals surface area contributed by atoms with Gasteiger partial charge >= 0.3 is 0 Å². The van der Waals surface area contributed by atoms with E-state index in [1.54, 1.807) is 23.5 Å². The molecule has 3 rings (SSSR count). The average Bonchev–Trinajstić information content (AvgIpc) is 3.23. The van der Waals surface area contributed by atoms with Gasteiger partial charge in [-0.15, -0.1) is 11.3 Å². The normalized spacial score (nSPS) is 12.4. The van der Waals surface area contributed by atoms with Crippen LogP contribution in [0.15, 0.2) is 48.0 Å². The van der Waals surface area contributed by atoms with Crippen LogP contribution in [0.25, 0.3) is 10.6 Å². The molecule has 2 aromatic heterocycles. The highest BCUT2D eigenvalue weighted by molar-refractivity contribution is 7.13. The van der Waals surface area contributed by atoms with E-state index in [-0.39, 0.29) is 18.3 Å². The van der Waals surface area contributed by atoms with E-state index in [9.17, 15) is 9.50 Å². The van der Waals surface area contributed by atoms with Crippen LogP contribution in [0.5, 0.6) is 0 Å². The molecule has 3 N–H and O–H groups in total. The number of aromatic amines is 1. The quantitative estimate of drug-likeness (QED) is 0.623. The van der Waals surface area contributed by atoms with Gasteiger partial charge in [-0.05, 0) is 29.1 Å². The van der Waals surface area contributed by atoms with Crippen LogP contribution in [0.2, 0.25) is 0 Å². The molecule has 0 aliphatic rings. The number of aliphatic hydroxyl groups is 1. The third-order valence-electron chi connectivity index (χ3n) is 3.75. The summed E-state index contributed by atoms with van der Waals surface area (Å²) in [4.78, 5) is 1.15. The van der Waals surface area contributed by atoms with E-state index in [0.29, 0.717) is 13.1 Å². The summed E-state index contributed by atoms with van der Waals surface area (Å²) in [6.07, 6.45) is 1.81. The predicted molar refractivity (Wildman–Crippen MR) is 89.8 cm³/mol. The zero-order chi connectivity index (χ0) is 16.1. The summed E-state index contributed by atoms with van der Waals surface area (Å²) in [6, 6.07) is 10.3. The SMILES string of the molecule is OCC(CNCc1cn[nH]c1-c1cccs1)c1ccc(F)cc1. The fraction of sp³-hybridized carbons (Fsp3) is 0.235. The first-order chi connectivity index (χ1) is 11.3. The van der Waals surface area contributed by atoms with Gasteiger partial charge in [0.1, 0.15) is 5.82 Å². The number of aliphatic hydroxyl groups excluding tert-OH is 1. The Morgan fingerprint density at radius 3 is 2.78 bits per heavy atom. The summed E-state index contributed by atoms with van der Waals surface area (Å²) in [5.74, 6) is -0.329. The fourth-order valence-corrected chi connectivity index (χ4v) is 3.24. The molecule has 0 spiro atoms. The number of nitrogens with zero attached hydrogens (tertiary/aromatic N) is 1. The van der Waals surface area contributed by atoms with Crippen LogP contribution in [-0.4, -0.2) is 28.5 Å². The van der Waals surface area contributed by atoms with E-state index in [0.717, 1.165) is 21.7 Å². The number of thiophene rings is 1. The number of H-pyrrole nitrogens is 1. The van der Waals surface area contributed by atoms with Crippen LogP contribution >= 0.6 is 11.3 Å². The Morgan fingerprint density at radius 1 is 1.26 bits per heavy atom. The van der Waals surface area contributed by atoms with Crippen LogP contribution in [0.1, 0.15) is 17.0 Å². The zero-order valence-corrected chi connectivity index (χ0v) is 13.3. The van der Waals surface area contributed by atoms with Crippen LogP contribution < -0.4 is 5.32 Å². The van der Waals surface area contributed by atoms with Crippen LogP contribution in [0.3, 0.4) is 0 Å². The van der Waals surface area contributed by atoms with E-state index < -0.39 is 0 Å². The molecule has 1 unspecified atom stereocenters. The van der Waals surface area contributed by atoms with Crippen molar-refractivity contribution in [2.75, 3.05) is 13.2 Å². The first-order valence-electron chi connectivity index (χ1n) is 7.41. The number of halogens is 1. The summed E-state index contributed by atoms with van der Waals surface area (Å²) in [7, 11) is 0. The van der Waals surface area contributed by atoms with Crippen LogP contribution in [0, 0.1) is 5.82 Å². The van der Waals surface area contributed by atoms with Crippen molar-refractivity contribution in [3.05, 3.63) is 64.9 Å². The number of hydrogen-bond acceptors (Lipinski definition) is 4. The molecule has 0 amide bonds. The summed E-state index contributed by atoms with van der Waals surface area (Å²) in [5.41, 5.74) is 3.03. The topological polar surface area (TPSA) is 60.9 Å². The fourth-order valence-electron chi connectivity index (χ4n) is 2.48. The summed E-state index contributed by atoms with van der Waals surface area (Å²) in [6.45, 7) is 1.28. The van der Waals surface area contributed by atoms with Gasteiger partial charge in [-0.1, -0.05) is 18.2 Å². The monoisotopic (exact) mass is 331 g/mol. The summed E-state index contributed by atoms with van der Waals surface area (Å²) in [5, 5.41) is 22.1. The molecule has 1 aromatic carbocycles. The minimum Gasteiger partial charge on any atom is -0.396 e. The van der Waals surface area contributed by atoms with Gasteiger partial charge < -0.3 is 10.4 Å². The molecule has 23 heavy (non-hydrogen) atoms. The molecule has 0 fully saturated rings. The van der Waals surface area contributed by atoms with Gasteiger partial charge in [0.15, 0.2) is 0 Å². The van der Waals surface area contributed by atoms with Gasteiger partial charge in [-0.25, -0.2) is 4.39 Å². The van der Waals surface area contributed by atoms with Crippen molar-refractivity contribution in [1.29, 1.82) is 0 Å². The molecule has 0 saturated heterocycles. The first-order valence-corrected chi connectivity index (χ1v) is 8.29. The van der Waals surface area contributed by atoms with Crippen molar-refractivity contribution in [2.45, 2.75) is 12.5 Å². The van der Waals surface area contributed by atoms with E-state index in [4.69, 9.17) is 0 Å². The van der Waals surface area contributed by atoms with Crippen molar-refractivity contribution >= 4 is 11.3 Å². The summed E-state index contributed by atoms with van der Waals surface area (Å²) < 4.78 is 13.0. The van der Waals surface area contributed by atoms with Crippen LogP contribution in [-0.2, 0) is 6.54 Å². The molecule has 0 aliphatic heterocycles. The highest BCUT2D eigenvalue weighted by atomic mass is 32.1. The van der Waals surface area contributed by atoms with Gasteiger partial charge in [0.05, 0.1) is 23.4 Å². The van der Waals surface area contributed by atoms with Gasteiger partial charge in [0.2, 0.25) is 0 Å². The lowest BCUT2D eigenvalue weighted by Crippen LogP contribution is -2.23. The Hall–Kier alpha value is -2.02. The minimum absolute atomic E-state index is 0.0157. The molecule has 4 nitrogen and oxygen atoms in total. The van der Waals surface area contributed by atoms with E-state index in [1.807, 2.05) is 17.6 Å². The summed E-state index contributed by atoms with van der Waals surface area (Å²) >= 11 is 1.66. The third-order valence-corrected chi connectivity index (χ3v) is 4.64.